The molecule has 0 unspecified atom stereocenters. The summed E-state index contributed by atoms with van der Waals surface area (Å²) in [5.74, 6) is 3.57. The van der Waals surface area contributed by atoms with E-state index in [1.165, 1.54) is 17.5 Å². The van der Waals surface area contributed by atoms with Gasteiger partial charge >= 0.3 is 0 Å². The molecule has 4 aromatic carbocycles. The van der Waals surface area contributed by atoms with Gasteiger partial charge in [0, 0.05) is 0 Å². The van der Waals surface area contributed by atoms with E-state index >= 15 is 0 Å². The average molecular weight is 545 g/mol. The van der Waals surface area contributed by atoms with E-state index in [4.69, 9.17) is 9.47 Å². The first-order valence-electron chi connectivity index (χ1n) is 15.4. The number of para-hydroxylation sites is 2. The van der Waals surface area contributed by atoms with Gasteiger partial charge in [-0.1, -0.05) is 143 Å². The minimum Gasteiger partial charge on any atom is -0.457 e. The van der Waals surface area contributed by atoms with Crippen molar-refractivity contribution in [3.8, 4) is 23.0 Å². The average Bonchev–Trinajstić information content (AvgIpc) is 3.04. The molecule has 2 heteroatoms. The van der Waals surface area contributed by atoms with Gasteiger partial charge in [0.2, 0.25) is 0 Å². The third kappa shape index (κ3) is 17.9. The SMILES string of the molecule is CC.CC.CC.CC.CCCc1ccc(Oc2ccccc2)cc1.CCCc1cccc(Oc2ccccc2)c1. The summed E-state index contributed by atoms with van der Waals surface area (Å²) in [6, 6.07) is 36.3. The molecule has 40 heavy (non-hydrogen) atoms. The fourth-order valence-corrected chi connectivity index (χ4v) is 3.32. The van der Waals surface area contributed by atoms with E-state index in [2.05, 4.69) is 38.1 Å². The van der Waals surface area contributed by atoms with Crippen molar-refractivity contribution < 1.29 is 9.47 Å². The third-order valence-corrected chi connectivity index (χ3v) is 4.86. The lowest BCUT2D eigenvalue weighted by atomic mass is 10.1. The van der Waals surface area contributed by atoms with Crippen LogP contribution in [0.1, 0.15) is 93.2 Å². The van der Waals surface area contributed by atoms with Gasteiger partial charge in [-0.25, -0.2) is 0 Å². The summed E-state index contributed by atoms with van der Waals surface area (Å²) in [7, 11) is 0. The number of hydrogen-bond donors (Lipinski definition) is 0. The number of hydrogen-bond acceptors (Lipinski definition) is 2. The summed E-state index contributed by atoms with van der Waals surface area (Å²) < 4.78 is 11.5. The molecule has 0 saturated heterocycles. The quantitative estimate of drug-likeness (QED) is 0.220. The zero-order valence-electron chi connectivity index (χ0n) is 27.0. The van der Waals surface area contributed by atoms with Crippen molar-refractivity contribution in [3.63, 3.8) is 0 Å². The molecule has 220 valence electrons. The van der Waals surface area contributed by atoms with Crippen molar-refractivity contribution >= 4 is 0 Å². The van der Waals surface area contributed by atoms with Crippen LogP contribution >= 0.6 is 0 Å². The first kappa shape index (κ1) is 38.6. The van der Waals surface area contributed by atoms with E-state index in [1.54, 1.807) is 0 Å². The summed E-state index contributed by atoms with van der Waals surface area (Å²) in [5, 5.41) is 0. The molecule has 0 aliphatic heterocycles. The Bertz CT molecular complexity index is 1030. The van der Waals surface area contributed by atoms with Gasteiger partial charge in [0.05, 0.1) is 0 Å². The number of rotatable bonds is 8. The normalized spacial score (nSPS) is 8.65. The Kier molecular flexibility index (Phi) is 27.5. The molecule has 4 rings (SSSR count). The van der Waals surface area contributed by atoms with Gasteiger partial charge in [0.25, 0.3) is 0 Å². The van der Waals surface area contributed by atoms with Gasteiger partial charge in [-0.15, -0.1) is 0 Å². The summed E-state index contributed by atoms with van der Waals surface area (Å²) in [6.07, 6.45) is 4.57. The highest BCUT2D eigenvalue weighted by atomic mass is 16.5. The van der Waals surface area contributed by atoms with Gasteiger partial charge < -0.3 is 9.47 Å². The molecular weight excluding hydrogens is 488 g/mol. The molecule has 0 N–H and O–H groups in total. The van der Waals surface area contributed by atoms with Crippen LogP contribution in [0, 0.1) is 0 Å². The lowest BCUT2D eigenvalue weighted by Gasteiger charge is -2.06. The smallest absolute Gasteiger partial charge is 0.127 e. The van der Waals surface area contributed by atoms with E-state index in [0.717, 1.165) is 42.3 Å². The topological polar surface area (TPSA) is 18.5 Å². The van der Waals surface area contributed by atoms with E-state index in [9.17, 15) is 0 Å². The molecule has 0 aliphatic carbocycles. The van der Waals surface area contributed by atoms with Crippen molar-refractivity contribution in [2.45, 2.75) is 94.9 Å². The molecular formula is C38H56O2. The van der Waals surface area contributed by atoms with Crippen LogP contribution in [-0.4, -0.2) is 0 Å². The first-order chi connectivity index (χ1) is 19.8. The summed E-state index contributed by atoms with van der Waals surface area (Å²) in [5.41, 5.74) is 2.69. The minimum atomic E-state index is 0.880. The second-order valence-corrected chi connectivity index (χ2v) is 7.62. The molecule has 2 nitrogen and oxygen atoms in total. The number of benzene rings is 4. The number of aryl methyl sites for hydroxylation is 2. The van der Waals surface area contributed by atoms with Crippen LogP contribution in [0.5, 0.6) is 23.0 Å². The second-order valence-electron chi connectivity index (χ2n) is 7.62. The van der Waals surface area contributed by atoms with Gasteiger partial charge in [0.1, 0.15) is 23.0 Å². The van der Waals surface area contributed by atoms with Crippen LogP contribution in [0.25, 0.3) is 0 Å². The van der Waals surface area contributed by atoms with Gasteiger partial charge in [0.15, 0.2) is 0 Å². The van der Waals surface area contributed by atoms with Gasteiger partial charge in [-0.3, -0.25) is 0 Å². The van der Waals surface area contributed by atoms with E-state index in [1.807, 2.05) is 140 Å². The predicted octanol–water partition coefficient (Wildman–Crippen LogP) is 13.0. The Morgan fingerprint density at radius 2 is 0.750 bits per heavy atom. The molecule has 0 saturated carbocycles. The maximum absolute atomic E-state index is 5.77. The van der Waals surface area contributed by atoms with E-state index < -0.39 is 0 Å². The maximum Gasteiger partial charge on any atom is 0.127 e. The largest absolute Gasteiger partial charge is 0.457 e. The van der Waals surface area contributed by atoms with Crippen LogP contribution in [0.2, 0.25) is 0 Å². The molecule has 0 heterocycles. The molecule has 4 aromatic rings. The third-order valence-electron chi connectivity index (χ3n) is 4.86. The van der Waals surface area contributed by atoms with Gasteiger partial charge in [-0.2, -0.15) is 0 Å². The first-order valence-corrected chi connectivity index (χ1v) is 15.4. The van der Waals surface area contributed by atoms with E-state index in [-0.39, 0.29) is 0 Å². The predicted molar refractivity (Wildman–Crippen MR) is 179 cm³/mol. The van der Waals surface area contributed by atoms with Crippen molar-refractivity contribution in [1.29, 1.82) is 0 Å². The van der Waals surface area contributed by atoms with Crippen LogP contribution in [0.3, 0.4) is 0 Å². The Morgan fingerprint density at radius 3 is 1.20 bits per heavy atom. The molecule has 0 bridgehead atoms. The molecule has 0 fully saturated rings. The molecule has 0 aliphatic rings. The van der Waals surface area contributed by atoms with Crippen LogP contribution in [0.4, 0.5) is 0 Å². The minimum absolute atomic E-state index is 0.880. The highest BCUT2D eigenvalue weighted by molar-refractivity contribution is 5.34. The lowest BCUT2D eigenvalue weighted by Crippen LogP contribution is -1.87. The van der Waals surface area contributed by atoms with E-state index in [0.29, 0.717) is 0 Å². The fourth-order valence-electron chi connectivity index (χ4n) is 3.32. The summed E-state index contributed by atoms with van der Waals surface area (Å²) in [4.78, 5) is 0. The maximum atomic E-state index is 5.77. The van der Waals surface area contributed by atoms with Crippen molar-refractivity contribution in [2.24, 2.45) is 0 Å². The zero-order chi connectivity index (χ0) is 30.4. The van der Waals surface area contributed by atoms with Crippen LogP contribution in [-0.2, 0) is 12.8 Å². The van der Waals surface area contributed by atoms with Gasteiger partial charge in [-0.05, 0) is 72.5 Å². The summed E-state index contributed by atoms with van der Waals surface area (Å²) >= 11 is 0. The summed E-state index contributed by atoms with van der Waals surface area (Å²) in [6.45, 7) is 20.4. The highest BCUT2D eigenvalue weighted by Crippen LogP contribution is 2.23. The fraction of sp³-hybridized carbons (Fsp3) is 0.368. The molecule has 0 aromatic heterocycles. The van der Waals surface area contributed by atoms with Crippen LogP contribution < -0.4 is 9.47 Å². The van der Waals surface area contributed by atoms with Crippen LogP contribution in [0.15, 0.2) is 109 Å². The monoisotopic (exact) mass is 544 g/mol. The Labute approximate surface area is 247 Å². The Balaban J connectivity index is 0. The standard InChI is InChI=1S/2C15H16O.4C2H6/c1-2-7-13-8-6-11-15(12-13)16-14-9-4-3-5-10-14;1-2-6-13-9-11-15(12-10-13)16-14-7-4-3-5-8-14;4*1-2/h3-6,8-12H,2,7H2,1H3;3-5,7-12H,2,6H2,1H3;4*1-2H3. The van der Waals surface area contributed by atoms with Crippen molar-refractivity contribution in [1.82, 2.24) is 0 Å². The molecule has 0 atom stereocenters. The zero-order valence-corrected chi connectivity index (χ0v) is 27.0. The lowest BCUT2D eigenvalue weighted by molar-refractivity contribution is 0.482. The Morgan fingerprint density at radius 1 is 0.375 bits per heavy atom. The van der Waals surface area contributed by atoms with Crippen molar-refractivity contribution in [2.75, 3.05) is 0 Å². The highest BCUT2D eigenvalue weighted by Gasteiger charge is 1.98. The molecule has 0 amide bonds. The van der Waals surface area contributed by atoms with Crippen molar-refractivity contribution in [3.05, 3.63) is 120 Å². The second kappa shape index (κ2) is 28.5. The number of ether oxygens (including phenoxy) is 2. The molecule has 0 radical (unpaired) electrons. The Hall–Kier alpha value is -3.52. The molecule has 0 spiro atoms.